The molecule has 0 spiro atoms. The quantitative estimate of drug-likeness (QED) is 0.775. The zero-order valence-corrected chi connectivity index (χ0v) is 10.8. The maximum Gasteiger partial charge on any atom is 0.330 e. The molecule has 0 aromatic heterocycles. The fourth-order valence-electron chi connectivity index (χ4n) is 2.31. The molecule has 3 N–H and O–H groups in total. The summed E-state index contributed by atoms with van der Waals surface area (Å²) in [5.41, 5.74) is 0.562. The number of benzene rings is 1. The highest BCUT2D eigenvalue weighted by molar-refractivity contribution is 5.83. The molecule has 1 aromatic rings. The van der Waals surface area contributed by atoms with Gasteiger partial charge in [0.05, 0.1) is 0 Å². The van der Waals surface area contributed by atoms with Gasteiger partial charge in [-0.2, -0.15) is 0 Å². The molecule has 2 amide bonds. The maximum absolute atomic E-state index is 11.8. The van der Waals surface area contributed by atoms with Gasteiger partial charge in [0.1, 0.15) is 0 Å². The zero-order chi connectivity index (χ0) is 13.8. The first-order chi connectivity index (χ1) is 9.06. The average Bonchev–Trinajstić information content (AvgIpc) is 2.35. The van der Waals surface area contributed by atoms with Crippen molar-refractivity contribution in [2.75, 3.05) is 0 Å². The van der Waals surface area contributed by atoms with Crippen molar-refractivity contribution in [1.82, 2.24) is 10.6 Å². The van der Waals surface area contributed by atoms with Crippen LogP contribution >= 0.6 is 0 Å². The first-order valence-electron chi connectivity index (χ1n) is 6.41. The lowest BCUT2D eigenvalue weighted by Crippen LogP contribution is -2.49. The molecule has 0 bridgehead atoms. The summed E-state index contributed by atoms with van der Waals surface area (Å²) in [6.07, 6.45) is 1.91. The number of aliphatic carboxylic acids is 1. The highest BCUT2D eigenvalue weighted by Gasteiger charge is 2.28. The van der Waals surface area contributed by atoms with E-state index in [0.29, 0.717) is 11.5 Å². The van der Waals surface area contributed by atoms with Crippen molar-refractivity contribution in [2.45, 2.75) is 31.8 Å². The lowest BCUT2D eigenvalue weighted by atomic mass is 9.82. The van der Waals surface area contributed by atoms with Crippen LogP contribution in [0.4, 0.5) is 4.79 Å². The molecule has 2 rings (SSSR count). The van der Waals surface area contributed by atoms with Gasteiger partial charge in [0, 0.05) is 6.04 Å². The molecule has 1 aromatic carbocycles. The molecule has 0 radical (unpaired) electrons. The Morgan fingerprint density at radius 2 is 1.89 bits per heavy atom. The standard InChI is InChI=1S/C14H18N2O3/c1-9-7-11(8-9)15-14(19)16-12(13(17)18)10-5-3-2-4-6-10/h2-6,9,11-12H,7-8H2,1H3,(H,17,18)(H2,15,16,19). The summed E-state index contributed by atoms with van der Waals surface area (Å²) in [6.45, 7) is 2.13. The van der Waals surface area contributed by atoms with E-state index >= 15 is 0 Å². The van der Waals surface area contributed by atoms with Gasteiger partial charge in [-0.05, 0) is 24.3 Å². The van der Waals surface area contributed by atoms with Crippen molar-refractivity contribution in [3.8, 4) is 0 Å². The molecule has 1 aliphatic rings. The molecular formula is C14H18N2O3. The molecule has 1 saturated carbocycles. The van der Waals surface area contributed by atoms with Gasteiger partial charge in [-0.25, -0.2) is 9.59 Å². The number of carboxylic acid groups (broad SMARTS) is 1. The molecule has 1 unspecified atom stereocenters. The molecule has 0 aliphatic heterocycles. The molecule has 1 aliphatic carbocycles. The second-order valence-corrected chi connectivity index (χ2v) is 5.07. The topological polar surface area (TPSA) is 78.4 Å². The molecule has 0 heterocycles. The highest BCUT2D eigenvalue weighted by Crippen LogP contribution is 2.26. The van der Waals surface area contributed by atoms with Gasteiger partial charge < -0.3 is 15.7 Å². The Labute approximate surface area is 112 Å². The Morgan fingerprint density at radius 1 is 1.26 bits per heavy atom. The van der Waals surface area contributed by atoms with Crippen molar-refractivity contribution in [3.05, 3.63) is 35.9 Å². The van der Waals surface area contributed by atoms with Crippen LogP contribution in [0.25, 0.3) is 0 Å². The Bertz CT molecular complexity index is 455. The van der Waals surface area contributed by atoms with E-state index in [-0.39, 0.29) is 6.04 Å². The lowest BCUT2D eigenvalue weighted by Gasteiger charge is -2.33. The molecule has 19 heavy (non-hydrogen) atoms. The number of carbonyl (C=O) groups excluding carboxylic acids is 1. The van der Waals surface area contributed by atoms with Gasteiger partial charge in [-0.3, -0.25) is 0 Å². The third kappa shape index (κ3) is 3.47. The fraction of sp³-hybridized carbons (Fsp3) is 0.429. The summed E-state index contributed by atoms with van der Waals surface area (Å²) in [4.78, 5) is 23.0. The number of carbonyl (C=O) groups is 2. The molecule has 5 heteroatoms. The van der Waals surface area contributed by atoms with Crippen molar-refractivity contribution in [2.24, 2.45) is 5.92 Å². The highest BCUT2D eigenvalue weighted by atomic mass is 16.4. The van der Waals surface area contributed by atoms with E-state index in [1.807, 2.05) is 0 Å². The Hall–Kier alpha value is -2.04. The van der Waals surface area contributed by atoms with Crippen LogP contribution in [0.2, 0.25) is 0 Å². The predicted molar refractivity (Wildman–Crippen MR) is 70.7 cm³/mol. The van der Waals surface area contributed by atoms with Crippen molar-refractivity contribution in [1.29, 1.82) is 0 Å². The van der Waals surface area contributed by atoms with E-state index in [1.54, 1.807) is 30.3 Å². The normalized spacial score (nSPS) is 23.0. The Kier molecular flexibility index (Phi) is 4.04. The van der Waals surface area contributed by atoms with Crippen molar-refractivity contribution < 1.29 is 14.7 Å². The van der Waals surface area contributed by atoms with Crippen LogP contribution in [0.1, 0.15) is 31.4 Å². The first kappa shape index (κ1) is 13.4. The van der Waals surface area contributed by atoms with Crippen LogP contribution in [-0.2, 0) is 4.79 Å². The third-order valence-corrected chi connectivity index (χ3v) is 3.36. The Balaban J connectivity index is 1.94. The number of urea groups is 1. The number of hydrogen-bond donors (Lipinski definition) is 3. The minimum absolute atomic E-state index is 0.167. The van der Waals surface area contributed by atoms with Crippen LogP contribution < -0.4 is 10.6 Å². The summed E-state index contributed by atoms with van der Waals surface area (Å²) < 4.78 is 0. The van der Waals surface area contributed by atoms with Crippen molar-refractivity contribution in [3.63, 3.8) is 0 Å². The van der Waals surface area contributed by atoms with Gasteiger partial charge in [-0.1, -0.05) is 37.3 Å². The Morgan fingerprint density at radius 3 is 2.42 bits per heavy atom. The second kappa shape index (κ2) is 5.73. The molecule has 1 atom stereocenters. The number of nitrogens with one attached hydrogen (secondary N) is 2. The minimum atomic E-state index is -1.07. The van der Waals surface area contributed by atoms with Gasteiger partial charge >= 0.3 is 12.0 Å². The van der Waals surface area contributed by atoms with Crippen LogP contribution in [0, 0.1) is 5.92 Å². The van der Waals surface area contributed by atoms with E-state index in [9.17, 15) is 14.7 Å². The molecule has 5 nitrogen and oxygen atoms in total. The van der Waals surface area contributed by atoms with E-state index in [1.165, 1.54) is 0 Å². The summed E-state index contributed by atoms with van der Waals surface area (Å²) >= 11 is 0. The maximum atomic E-state index is 11.8. The van der Waals surface area contributed by atoms with Crippen LogP contribution in [0.3, 0.4) is 0 Å². The number of amides is 2. The molecule has 102 valence electrons. The monoisotopic (exact) mass is 262 g/mol. The minimum Gasteiger partial charge on any atom is -0.479 e. The third-order valence-electron chi connectivity index (χ3n) is 3.36. The van der Waals surface area contributed by atoms with Crippen molar-refractivity contribution >= 4 is 12.0 Å². The SMILES string of the molecule is CC1CC(NC(=O)NC(C(=O)O)c2ccccc2)C1. The van der Waals surface area contributed by atoms with E-state index in [4.69, 9.17) is 0 Å². The van der Waals surface area contributed by atoms with E-state index in [0.717, 1.165) is 12.8 Å². The average molecular weight is 262 g/mol. The van der Waals surface area contributed by atoms with Crippen LogP contribution in [0.15, 0.2) is 30.3 Å². The van der Waals surface area contributed by atoms with Gasteiger partial charge in [0.25, 0.3) is 0 Å². The first-order valence-corrected chi connectivity index (χ1v) is 6.41. The van der Waals surface area contributed by atoms with E-state index in [2.05, 4.69) is 17.6 Å². The van der Waals surface area contributed by atoms with Gasteiger partial charge in [-0.15, -0.1) is 0 Å². The van der Waals surface area contributed by atoms with Crippen LogP contribution in [-0.4, -0.2) is 23.1 Å². The molecule has 0 saturated heterocycles. The zero-order valence-electron chi connectivity index (χ0n) is 10.8. The summed E-state index contributed by atoms with van der Waals surface area (Å²) in [5, 5.41) is 14.5. The van der Waals surface area contributed by atoms with Gasteiger partial charge in [0.15, 0.2) is 6.04 Å². The molecule has 1 fully saturated rings. The summed E-state index contributed by atoms with van der Waals surface area (Å²) in [7, 11) is 0. The smallest absolute Gasteiger partial charge is 0.330 e. The summed E-state index contributed by atoms with van der Waals surface area (Å²) in [6, 6.07) is 7.40. The number of rotatable bonds is 4. The number of hydrogen-bond acceptors (Lipinski definition) is 2. The van der Waals surface area contributed by atoms with E-state index < -0.39 is 18.0 Å². The summed E-state index contributed by atoms with van der Waals surface area (Å²) in [5.74, 6) is -0.432. The predicted octanol–water partition coefficient (Wildman–Crippen LogP) is 1.91. The number of carboxylic acids is 1. The van der Waals surface area contributed by atoms with Gasteiger partial charge in [0.2, 0.25) is 0 Å². The van der Waals surface area contributed by atoms with Crippen LogP contribution in [0.5, 0.6) is 0 Å². The largest absolute Gasteiger partial charge is 0.479 e. The second-order valence-electron chi connectivity index (χ2n) is 5.07. The molecular weight excluding hydrogens is 244 g/mol. The lowest BCUT2D eigenvalue weighted by molar-refractivity contribution is -0.139. The fourth-order valence-corrected chi connectivity index (χ4v) is 2.31.